The summed E-state index contributed by atoms with van der Waals surface area (Å²) in [6.07, 6.45) is 4.47. The molecule has 2 unspecified atom stereocenters. The Hall–Kier alpha value is -0.130. The minimum atomic E-state index is -3.29. The average Bonchev–Trinajstić information content (AvgIpc) is 2.14. The summed E-state index contributed by atoms with van der Waals surface area (Å²) in [5.74, 6) is 1.46. The van der Waals surface area contributed by atoms with Crippen LogP contribution in [0.1, 0.15) is 39.5 Å². The number of hydrogen-bond acceptors (Lipinski definition) is 3. The summed E-state index contributed by atoms with van der Waals surface area (Å²) in [7, 11) is -3.29. The first kappa shape index (κ1) is 13.9. The largest absolute Gasteiger partial charge is 0.313 e. The molecule has 16 heavy (non-hydrogen) atoms. The number of nitrogens with one attached hydrogen (secondary N) is 1. The molecule has 0 amide bonds. The van der Waals surface area contributed by atoms with E-state index in [1.54, 1.807) is 0 Å². The van der Waals surface area contributed by atoms with E-state index in [0.29, 0.717) is 24.3 Å². The predicted molar refractivity (Wildman–Crippen MR) is 66.6 cm³/mol. The lowest BCUT2D eigenvalue weighted by Gasteiger charge is -2.35. The van der Waals surface area contributed by atoms with Gasteiger partial charge in [0.1, 0.15) is 0 Å². The van der Waals surface area contributed by atoms with Crippen molar-refractivity contribution >= 4 is 10.0 Å². The minimum Gasteiger partial charge on any atom is -0.313 e. The van der Waals surface area contributed by atoms with Crippen LogP contribution in [0.5, 0.6) is 0 Å². The van der Waals surface area contributed by atoms with Crippen molar-refractivity contribution in [1.29, 1.82) is 0 Å². The van der Waals surface area contributed by atoms with E-state index in [-0.39, 0.29) is 5.75 Å². The van der Waals surface area contributed by atoms with Gasteiger partial charge in [-0.1, -0.05) is 20.3 Å². The van der Waals surface area contributed by atoms with E-state index in [2.05, 4.69) is 19.2 Å². The summed E-state index contributed by atoms with van der Waals surface area (Å²) < 4.78 is 21.5. The molecular weight excluding hydrogens is 224 g/mol. The van der Waals surface area contributed by atoms with E-state index in [0.717, 1.165) is 6.54 Å². The molecule has 1 aliphatic rings. The van der Waals surface area contributed by atoms with E-state index in [1.165, 1.54) is 19.3 Å². The maximum Gasteiger partial charge on any atom is 0.209 e. The molecule has 0 aliphatic heterocycles. The normalized spacial score (nSPS) is 31.6. The van der Waals surface area contributed by atoms with Crippen molar-refractivity contribution in [2.24, 2.45) is 17.0 Å². The first-order valence-corrected chi connectivity index (χ1v) is 7.85. The molecule has 1 aliphatic carbocycles. The Balaban J connectivity index is 2.25. The van der Waals surface area contributed by atoms with Gasteiger partial charge in [0.2, 0.25) is 10.0 Å². The quantitative estimate of drug-likeness (QED) is 0.715. The molecule has 1 saturated carbocycles. The third kappa shape index (κ3) is 4.80. The molecule has 0 bridgehead atoms. The zero-order valence-electron chi connectivity index (χ0n) is 10.3. The molecule has 4 nitrogen and oxygen atoms in total. The van der Waals surface area contributed by atoms with Crippen molar-refractivity contribution < 1.29 is 8.42 Å². The lowest BCUT2D eigenvalue weighted by molar-refractivity contribution is 0.210. The molecule has 0 saturated heterocycles. The SMILES string of the molecule is CC1CCCC(C)C1NCCCS(N)(=O)=O. The van der Waals surface area contributed by atoms with Crippen LogP contribution >= 0.6 is 0 Å². The standard InChI is InChI=1S/C11H24N2O2S/c1-9-5-3-6-10(2)11(9)13-7-4-8-16(12,14)15/h9-11,13H,3-8H2,1-2H3,(H2,12,14,15). The molecule has 96 valence electrons. The Morgan fingerprint density at radius 1 is 1.25 bits per heavy atom. The van der Waals surface area contributed by atoms with Crippen LogP contribution in [0.3, 0.4) is 0 Å². The van der Waals surface area contributed by atoms with Gasteiger partial charge in [0, 0.05) is 6.04 Å². The zero-order valence-corrected chi connectivity index (χ0v) is 11.1. The molecule has 0 radical (unpaired) electrons. The number of hydrogen-bond donors (Lipinski definition) is 2. The lowest BCUT2D eigenvalue weighted by atomic mass is 9.79. The van der Waals surface area contributed by atoms with Gasteiger partial charge in [-0.2, -0.15) is 0 Å². The molecule has 1 fully saturated rings. The van der Waals surface area contributed by atoms with Gasteiger partial charge in [-0.3, -0.25) is 0 Å². The van der Waals surface area contributed by atoms with Crippen LogP contribution in [0.4, 0.5) is 0 Å². The summed E-state index contributed by atoms with van der Waals surface area (Å²) in [4.78, 5) is 0. The summed E-state index contributed by atoms with van der Waals surface area (Å²) in [5.41, 5.74) is 0. The van der Waals surface area contributed by atoms with Crippen molar-refractivity contribution in [1.82, 2.24) is 5.32 Å². The monoisotopic (exact) mass is 248 g/mol. The third-order valence-electron chi connectivity index (χ3n) is 3.53. The molecule has 0 aromatic heterocycles. The predicted octanol–water partition coefficient (Wildman–Crippen LogP) is 1.08. The average molecular weight is 248 g/mol. The van der Waals surface area contributed by atoms with Gasteiger partial charge < -0.3 is 5.32 Å². The summed E-state index contributed by atoms with van der Waals surface area (Å²) in [6.45, 7) is 5.29. The Labute approximate surface area is 99.0 Å². The highest BCUT2D eigenvalue weighted by molar-refractivity contribution is 7.89. The van der Waals surface area contributed by atoms with Gasteiger partial charge >= 0.3 is 0 Å². The van der Waals surface area contributed by atoms with Gasteiger partial charge in [0.05, 0.1) is 5.75 Å². The summed E-state index contributed by atoms with van der Waals surface area (Å²) in [6, 6.07) is 0.536. The number of primary sulfonamides is 1. The second-order valence-electron chi connectivity index (χ2n) is 5.09. The first-order chi connectivity index (χ1) is 7.40. The molecule has 1 rings (SSSR count). The van der Waals surface area contributed by atoms with Crippen molar-refractivity contribution in [3.63, 3.8) is 0 Å². The van der Waals surface area contributed by atoms with Gasteiger partial charge in [-0.15, -0.1) is 0 Å². The number of rotatable bonds is 5. The van der Waals surface area contributed by atoms with E-state index in [4.69, 9.17) is 5.14 Å². The van der Waals surface area contributed by atoms with E-state index >= 15 is 0 Å². The maximum absolute atomic E-state index is 10.8. The second-order valence-corrected chi connectivity index (χ2v) is 6.82. The second kappa shape index (κ2) is 5.98. The number of nitrogens with two attached hydrogens (primary N) is 1. The molecule has 0 heterocycles. The lowest BCUT2D eigenvalue weighted by Crippen LogP contribution is -2.43. The van der Waals surface area contributed by atoms with Crippen LogP contribution in [0.25, 0.3) is 0 Å². The van der Waals surface area contributed by atoms with E-state index < -0.39 is 10.0 Å². The Morgan fingerprint density at radius 3 is 2.31 bits per heavy atom. The molecule has 0 spiro atoms. The fourth-order valence-corrected chi connectivity index (χ4v) is 3.17. The van der Waals surface area contributed by atoms with Crippen molar-refractivity contribution in [3.8, 4) is 0 Å². The van der Waals surface area contributed by atoms with Crippen LogP contribution < -0.4 is 10.5 Å². The fraction of sp³-hybridized carbons (Fsp3) is 1.00. The van der Waals surface area contributed by atoms with Crippen LogP contribution in [0, 0.1) is 11.8 Å². The summed E-state index contributed by atoms with van der Waals surface area (Å²) >= 11 is 0. The zero-order chi connectivity index (χ0) is 12.2. The molecule has 0 aromatic carbocycles. The first-order valence-electron chi connectivity index (χ1n) is 6.14. The summed E-state index contributed by atoms with van der Waals surface area (Å²) in [5, 5.41) is 8.43. The highest BCUT2D eigenvalue weighted by atomic mass is 32.2. The van der Waals surface area contributed by atoms with Crippen LogP contribution in [-0.4, -0.2) is 26.8 Å². The van der Waals surface area contributed by atoms with Crippen LogP contribution in [-0.2, 0) is 10.0 Å². The van der Waals surface area contributed by atoms with Gasteiger partial charge in [0.25, 0.3) is 0 Å². The maximum atomic E-state index is 10.8. The highest BCUT2D eigenvalue weighted by Gasteiger charge is 2.26. The van der Waals surface area contributed by atoms with Crippen molar-refractivity contribution in [3.05, 3.63) is 0 Å². The Kier molecular flexibility index (Phi) is 5.21. The van der Waals surface area contributed by atoms with Crippen LogP contribution in [0.2, 0.25) is 0 Å². The van der Waals surface area contributed by atoms with Crippen molar-refractivity contribution in [2.45, 2.75) is 45.6 Å². The third-order valence-corrected chi connectivity index (χ3v) is 4.39. The van der Waals surface area contributed by atoms with Crippen molar-refractivity contribution in [2.75, 3.05) is 12.3 Å². The smallest absolute Gasteiger partial charge is 0.209 e. The van der Waals surface area contributed by atoms with E-state index in [9.17, 15) is 8.42 Å². The molecule has 5 heteroatoms. The molecule has 3 N–H and O–H groups in total. The molecule has 0 aromatic rings. The highest BCUT2D eigenvalue weighted by Crippen LogP contribution is 2.28. The number of sulfonamides is 1. The molecule has 2 atom stereocenters. The van der Waals surface area contributed by atoms with Gasteiger partial charge in [-0.05, 0) is 37.6 Å². The molecular formula is C11H24N2O2S. The Morgan fingerprint density at radius 2 is 1.81 bits per heavy atom. The van der Waals surface area contributed by atoms with Crippen LogP contribution in [0.15, 0.2) is 0 Å². The van der Waals surface area contributed by atoms with E-state index in [1.807, 2.05) is 0 Å². The minimum absolute atomic E-state index is 0.0789. The fourth-order valence-electron chi connectivity index (χ4n) is 2.63. The topological polar surface area (TPSA) is 72.2 Å². The van der Waals surface area contributed by atoms with Gasteiger partial charge in [-0.25, -0.2) is 13.6 Å². The van der Waals surface area contributed by atoms with Gasteiger partial charge in [0.15, 0.2) is 0 Å². The Bertz CT molecular complexity index is 293.